The van der Waals surface area contributed by atoms with Crippen LogP contribution in [0.2, 0.25) is 0 Å². The van der Waals surface area contributed by atoms with Gasteiger partial charge in [-0.25, -0.2) is 0 Å². The van der Waals surface area contributed by atoms with E-state index >= 15 is 0 Å². The van der Waals surface area contributed by atoms with Crippen LogP contribution in [0.1, 0.15) is 72.9 Å². The fraction of sp³-hybridized carbons (Fsp3) is 0.762. The maximum atomic E-state index is 11.4. The summed E-state index contributed by atoms with van der Waals surface area (Å²) < 4.78 is 13.9. The highest BCUT2D eigenvalue weighted by atomic mass is 16.5. The number of allylic oxidation sites excluding steroid dienone is 2. The molecule has 0 aromatic carbocycles. The van der Waals surface area contributed by atoms with Gasteiger partial charge in [-0.2, -0.15) is 0 Å². The summed E-state index contributed by atoms with van der Waals surface area (Å²) in [5.74, 6) is 0.0364. The fourth-order valence-corrected chi connectivity index (χ4v) is 2.48. The number of aryl methyl sites for hydroxylation is 1. The molecular formula is C21H38N4O3. The highest BCUT2D eigenvalue weighted by Gasteiger charge is 2.23. The molecule has 0 radical (unpaired) electrons. The van der Waals surface area contributed by atoms with Gasteiger partial charge in [0.2, 0.25) is 5.91 Å². The number of ether oxygens (including phenoxy) is 2. The number of aromatic nitrogens is 3. The van der Waals surface area contributed by atoms with Crippen molar-refractivity contribution in [1.29, 1.82) is 0 Å². The number of nitrogens with one attached hydrogen (secondary N) is 1. The minimum absolute atomic E-state index is 0.0364. The maximum Gasteiger partial charge on any atom is 0.219 e. The zero-order chi connectivity index (χ0) is 21.2. The summed E-state index contributed by atoms with van der Waals surface area (Å²) in [6.07, 6.45) is 6.93. The number of rotatable bonds is 13. The van der Waals surface area contributed by atoms with Crippen LogP contribution < -0.4 is 5.32 Å². The van der Waals surface area contributed by atoms with E-state index in [9.17, 15) is 4.79 Å². The first kappa shape index (κ1) is 24.3. The summed E-state index contributed by atoms with van der Waals surface area (Å²) in [6.45, 7) is 14.1. The van der Waals surface area contributed by atoms with E-state index in [2.05, 4.69) is 28.6 Å². The quantitative estimate of drug-likeness (QED) is 0.517. The molecule has 1 aromatic rings. The number of amides is 1. The highest BCUT2D eigenvalue weighted by Crippen LogP contribution is 2.21. The second-order valence-corrected chi connectivity index (χ2v) is 8.44. The van der Waals surface area contributed by atoms with Crippen molar-refractivity contribution in [2.75, 3.05) is 13.7 Å². The number of carbonyl (C=O) groups is 1. The average Bonchev–Trinajstić information content (AvgIpc) is 3.10. The second-order valence-electron chi connectivity index (χ2n) is 8.44. The monoisotopic (exact) mass is 394 g/mol. The van der Waals surface area contributed by atoms with E-state index in [1.807, 2.05) is 45.5 Å². The minimum Gasteiger partial charge on any atom is -0.375 e. The first-order valence-corrected chi connectivity index (χ1v) is 10.1. The van der Waals surface area contributed by atoms with Crippen LogP contribution in [-0.4, -0.2) is 45.8 Å². The van der Waals surface area contributed by atoms with Crippen LogP contribution in [0.15, 0.2) is 17.8 Å². The normalized spacial score (nSPS) is 13.0. The molecule has 0 atom stereocenters. The van der Waals surface area contributed by atoms with Gasteiger partial charge in [0, 0.05) is 20.0 Å². The number of carbonyl (C=O) groups excluding carboxylic acids is 1. The Morgan fingerprint density at radius 2 is 1.86 bits per heavy atom. The first-order chi connectivity index (χ1) is 13.1. The Morgan fingerprint density at radius 3 is 2.50 bits per heavy atom. The average molecular weight is 395 g/mol. The van der Waals surface area contributed by atoms with E-state index in [-0.39, 0.29) is 17.1 Å². The molecule has 0 aliphatic carbocycles. The van der Waals surface area contributed by atoms with Gasteiger partial charge >= 0.3 is 0 Å². The third kappa shape index (κ3) is 9.99. The summed E-state index contributed by atoms with van der Waals surface area (Å²) >= 11 is 0. The van der Waals surface area contributed by atoms with E-state index in [0.29, 0.717) is 26.1 Å². The van der Waals surface area contributed by atoms with Gasteiger partial charge in [0.05, 0.1) is 30.6 Å². The Bertz CT molecular complexity index is 635. The molecule has 1 heterocycles. The Hall–Kier alpha value is -1.73. The van der Waals surface area contributed by atoms with E-state index < -0.39 is 0 Å². The van der Waals surface area contributed by atoms with E-state index in [1.165, 1.54) is 5.57 Å². The summed E-state index contributed by atoms with van der Waals surface area (Å²) in [5, 5.41) is 11.0. The van der Waals surface area contributed by atoms with Gasteiger partial charge in [-0.05, 0) is 60.8 Å². The van der Waals surface area contributed by atoms with Gasteiger partial charge < -0.3 is 14.8 Å². The molecule has 1 rings (SSSR count). The fourth-order valence-electron chi connectivity index (χ4n) is 2.48. The lowest BCUT2D eigenvalue weighted by Gasteiger charge is -2.29. The summed E-state index contributed by atoms with van der Waals surface area (Å²) in [5.41, 5.74) is 1.50. The molecule has 1 amide bonds. The molecule has 7 nitrogen and oxygen atoms in total. The molecule has 0 bridgehead atoms. The largest absolute Gasteiger partial charge is 0.375 e. The lowest BCUT2D eigenvalue weighted by Crippen LogP contribution is -2.32. The van der Waals surface area contributed by atoms with Crippen LogP contribution in [0.25, 0.3) is 0 Å². The third-order valence-electron chi connectivity index (χ3n) is 4.85. The van der Waals surface area contributed by atoms with Gasteiger partial charge in [-0.15, -0.1) is 5.10 Å². The van der Waals surface area contributed by atoms with Crippen LogP contribution in [0.5, 0.6) is 0 Å². The SMILES string of the molecule is C/C=C(\C)CCn1cc(COC(C)(C)CCOC(C)(C)CCC(=O)NC)nn1. The predicted molar refractivity (Wildman–Crippen MR) is 111 cm³/mol. The van der Waals surface area contributed by atoms with Gasteiger partial charge in [0.25, 0.3) is 0 Å². The first-order valence-electron chi connectivity index (χ1n) is 10.1. The molecule has 0 aliphatic heterocycles. The molecule has 0 aliphatic rings. The smallest absolute Gasteiger partial charge is 0.219 e. The highest BCUT2D eigenvalue weighted by molar-refractivity contribution is 5.75. The predicted octanol–water partition coefficient (Wildman–Crippen LogP) is 3.64. The molecular weight excluding hydrogens is 356 g/mol. The van der Waals surface area contributed by atoms with Crippen molar-refractivity contribution in [3.8, 4) is 0 Å². The van der Waals surface area contributed by atoms with Crippen LogP contribution in [0.4, 0.5) is 0 Å². The molecule has 0 unspecified atom stereocenters. The molecule has 1 N–H and O–H groups in total. The van der Waals surface area contributed by atoms with Crippen LogP contribution in [0, 0.1) is 0 Å². The molecule has 28 heavy (non-hydrogen) atoms. The molecule has 160 valence electrons. The summed E-state index contributed by atoms with van der Waals surface area (Å²) in [6, 6.07) is 0. The van der Waals surface area contributed by atoms with Crippen molar-refractivity contribution in [1.82, 2.24) is 20.3 Å². The van der Waals surface area contributed by atoms with Crippen molar-refractivity contribution in [3.63, 3.8) is 0 Å². The Morgan fingerprint density at radius 1 is 1.18 bits per heavy atom. The number of hydrogen-bond donors (Lipinski definition) is 1. The standard InChI is InChI=1S/C21H38N4O3/c1-8-17(2)10-13-25-15-18(23-24-25)16-28-21(5,6)12-14-27-20(3,4)11-9-19(26)22-7/h8,15H,9-14,16H2,1-7H3,(H,22,26)/b17-8+. The zero-order valence-electron chi connectivity index (χ0n) is 18.7. The minimum atomic E-state index is -0.337. The molecule has 0 fully saturated rings. The Kier molecular flexibility index (Phi) is 9.82. The van der Waals surface area contributed by atoms with Crippen molar-refractivity contribution in [3.05, 3.63) is 23.5 Å². The van der Waals surface area contributed by atoms with Gasteiger partial charge in [0.1, 0.15) is 5.69 Å². The lowest BCUT2D eigenvalue weighted by atomic mass is 10.0. The zero-order valence-corrected chi connectivity index (χ0v) is 18.7. The van der Waals surface area contributed by atoms with E-state index in [1.54, 1.807) is 7.05 Å². The van der Waals surface area contributed by atoms with Gasteiger partial charge in [-0.3, -0.25) is 9.48 Å². The van der Waals surface area contributed by atoms with Crippen molar-refractivity contribution >= 4 is 5.91 Å². The number of hydrogen-bond acceptors (Lipinski definition) is 5. The van der Waals surface area contributed by atoms with Crippen molar-refractivity contribution in [2.24, 2.45) is 0 Å². The summed E-state index contributed by atoms with van der Waals surface area (Å²) in [4.78, 5) is 11.4. The van der Waals surface area contributed by atoms with Crippen LogP contribution >= 0.6 is 0 Å². The second kappa shape index (κ2) is 11.3. The topological polar surface area (TPSA) is 78.3 Å². The van der Waals surface area contributed by atoms with Gasteiger partial charge in [-0.1, -0.05) is 16.9 Å². The molecule has 0 saturated heterocycles. The molecule has 0 spiro atoms. The lowest BCUT2D eigenvalue weighted by molar-refractivity contribution is -0.123. The van der Waals surface area contributed by atoms with Crippen LogP contribution in [-0.2, 0) is 27.4 Å². The van der Waals surface area contributed by atoms with E-state index in [4.69, 9.17) is 9.47 Å². The van der Waals surface area contributed by atoms with Crippen LogP contribution in [0.3, 0.4) is 0 Å². The maximum absolute atomic E-state index is 11.4. The molecule has 7 heteroatoms. The van der Waals surface area contributed by atoms with Gasteiger partial charge in [0.15, 0.2) is 0 Å². The molecule has 0 saturated carbocycles. The molecule has 1 aromatic heterocycles. The third-order valence-corrected chi connectivity index (χ3v) is 4.85. The van der Waals surface area contributed by atoms with Crippen molar-refractivity contribution < 1.29 is 14.3 Å². The Balaban J connectivity index is 2.36. The summed E-state index contributed by atoms with van der Waals surface area (Å²) in [7, 11) is 1.65. The van der Waals surface area contributed by atoms with Crippen molar-refractivity contribution in [2.45, 2.75) is 91.6 Å². The van der Waals surface area contributed by atoms with E-state index in [0.717, 1.165) is 25.1 Å². The Labute approximate surface area is 169 Å². The number of nitrogens with zero attached hydrogens (tertiary/aromatic N) is 3.